The first-order valence-corrected chi connectivity index (χ1v) is 8.24. The number of hydrogen-bond donors (Lipinski definition) is 1. The maximum absolute atomic E-state index is 13.1. The van der Waals surface area contributed by atoms with E-state index in [-0.39, 0.29) is 24.0 Å². The number of carbonyl (C=O) groups is 1. The van der Waals surface area contributed by atoms with Gasteiger partial charge >= 0.3 is 5.76 Å². The first-order valence-electron chi connectivity index (χ1n) is 8.24. The molecule has 4 aromatic rings. The molecule has 0 aliphatic heterocycles. The van der Waals surface area contributed by atoms with Crippen molar-refractivity contribution in [3.63, 3.8) is 0 Å². The van der Waals surface area contributed by atoms with Gasteiger partial charge in [0.1, 0.15) is 18.2 Å². The Kier molecular flexibility index (Phi) is 4.36. The highest BCUT2D eigenvalue weighted by Gasteiger charge is 2.16. The molecule has 0 radical (unpaired) electrons. The van der Waals surface area contributed by atoms with E-state index in [2.05, 4.69) is 15.5 Å². The van der Waals surface area contributed by atoms with Crippen LogP contribution >= 0.6 is 0 Å². The Bertz CT molecular complexity index is 1170. The first-order chi connectivity index (χ1) is 13.5. The summed E-state index contributed by atoms with van der Waals surface area (Å²) in [7, 11) is 0. The van der Waals surface area contributed by atoms with Crippen molar-refractivity contribution in [2.45, 2.75) is 13.5 Å². The second-order valence-electron chi connectivity index (χ2n) is 5.92. The fraction of sp³-hybridized carbons (Fsp3) is 0.111. The van der Waals surface area contributed by atoms with Gasteiger partial charge in [-0.05, 0) is 43.3 Å². The van der Waals surface area contributed by atoms with E-state index in [1.165, 1.54) is 35.2 Å². The van der Waals surface area contributed by atoms with E-state index in [1.807, 2.05) is 0 Å². The van der Waals surface area contributed by atoms with Gasteiger partial charge in [-0.2, -0.15) is 9.78 Å². The quantitative estimate of drug-likeness (QED) is 0.567. The van der Waals surface area contributed by atoms with Crippen LogP contribution in [0.3, 0.4) is 0 Å². The number of halogens is 1. The maximum atomic E-state index is 13.1. The van der Waals surface area contributed by atoms with Gasteiger partial charge in [-0.1, -0.05) is 0 Å². The number of nitrogens with one attached hydrogen (secondary N) is 1. The molecule has 9 nitrogen and oxygen atoms in total. The van der Waals surface area contributed by atoms with Crippen molar-refractivity contribution >= 4 is 11.7 Å². The standard InChI is InChI=1S/C18H14FN5O4/c1-11-9-15(24(21-11)13-6-4-12(19)5-7-13)20-16(25)10-23-18(26)28-17(22-23)14-3-2-8-27-14/h2-9H,10H2,1H3,(H,20,25). The monoisotopic (exact) mass is 383 g/mol. The van der Waals surface area contributed by atoms with Gasteiger partial charge < -0.3 is 14.2 Å². The molecule has 0 spiro atoms. The molecule has 0 bridgehead atoms. The van der Waals surface area contributed by atoms with Gasteiger partial charge in [0.15, 0.2) is 5.76 Å². The number of amides is 1. The van der Waals surface area contributed by atoms with Gasteiger partial charge in [0.05, 0.1) is 17.6 Å². The van der Waals surface area contributed by atoms with Crippen molar-refractivity contribution in [3.8, 4) is 17.3 Å². The lowest BCUT2D eigenvalue weighted by Gasteiger charge is -2.08. The zero-order valence-electron chi connectivity index (χ0n) is 14.6. The van der Waals surface area contributed by atoms with Crippen molar-refractivity contribution in [2.75, 3.05) is 5.32 Å². The highest BCUT2D eigenvalue weighted by Crippen LogP contribution is 2.18. The van der Waals surface area contributed by atoms with Crippen molar-refractivity contribution in [1.29, 1.82) is 0 Å². The third-order valence-corrected chi connectivity index (χ3v) is 3.80. The zero-order chi connectivity index (χ0) is 19.7. The number of aryl methyl sites for hydroxylation is 1. The minimum Gasteiger partial charge on any atom is -0.459 e. The van der Waals surface area contributed by atoms with Crippen LogP contribution in [0.15, 0.2) is 62.4 Å². The van der Waals surface area contributed by atoms with Crippen molar-refractivity contribution in [3.05, 3.63) is 70.8 Å². The molecule has 1 N–H and O–H groups in total. The fourth-order valence-corrected chi connectivity index (χ4v) is 2.59. The van der Waals surface area contributed by atoms with E-state index in [0.717, 1.165) is 4.68 Å². The summed E-state index contributed by atoms with van der Waals surface area (Å²) in [6, 6.07) is 10.5. The Morgan fingerprint density at radius 1 is 1.21 bits per heavy atom. The summed E-state index contributed by atoms with van der Waals surface area (Å²) in [6.07, 6.45) is 1.42. The minimum absolute atomic E-state index is 0.0185. The maximum Gasteiger partial charge on any atom is 0.437 e. The largest absolute Gasteiger partial charge is 0.459 e. The molecule has 28 heavy (non-hydrogen) atoms. The second kappa shape index (κ2) is 6.99. The number of anilines is 1. The predicted molar refractivity (Wildman–Crippen MR) is 95.4 cm³/mol. The Morgan fingerprint density at radius 2 is 2.00 bits per heavy atom. The van der Waals surface area contributed by atoms with Gasteiger partial charge in [0.25, 0.3) is 5.89 Å². The van der Waals surface area contributed by atoms with Gasteiger partial charge in [-0.3, -0.25) is 4.79 Å². The summed E-state index contributed by atoms with van der Waals surface area (Å²) in [6.45, 7) is 1.39. The number of furan rings is 1. The third-order valence-electron chi connectivity index (χ3n) is 3.80. The molecule has 4 rings (SSSR count). The number of benzene rings is 1. The SMILES string of the molecule is Cc1cc(NC(=O)Cn2nc(-c3ccco3)oc2=O)n(-c2ccc(F)cc2)n1. The number of hydrogen-bond acceptors (Lipinski definition) is 6. The Hall–Kier alpha value is -3.95. The Balaban J connectivity index is 1.54. The zero-order valence-corrected chi connectivity index (χ0v) is 14.6. The molecule has 0 unspecified atom stereocenters. The van der Waals surface area contributed by atoms with Crippen LogP contribution in [0.5, 0.6) is 0 Å². The summed E-state index contributed by atoms with van der Waals surface area (Å²) in [5.41, 5.74) is 1.22. The first kappa shape index (κ1) is 17.5. The minimum atomic E-state index is -0.787. The summed E-state index contributed by atoms with van der Waals surface area (Å²) < 4.78 is 25.6. The van der Waals surface area contributed by atoms with Crippen molar-refractivity contribution < 1.29 is 18.0 Å². The molecule has 1 aromatic carbocycles. The molecule has 0 atom stereocenters. The predicted octanol–water partition coefficient (Wildman–Crippen LogP) is 2.37. The highest BCUT2D eigenvalue weighted by molar-refractivity contribution is 5.90. The van der Waals surface area contributed by atoms with Gasteiger partial charge in [-0.25, -0.2) is 13.9 Å². The number of aromatic nitrogens is 4. The molecule has 0 saturated carbocycles. The fourth-order valence-electron chi connectivity index (χ4n) is 2.59. The average molecular weight is 383 g/mol. The van der Waals surface area contributed by atoms with E-state index in [9.17, 15) is 14.0 Å². The lowest BCUT2D eigenvalue weighted by Crippen LogP contribution is -2.26. The summed E-state index contributed by atoms with van der Waals surface area (Å²) in [5.74, 6) is -1.04. The van der Waals surface area contributed by atoms with Crippen LogP contribution in [0.25, 0.3) is 17.3 Å². The molecule has 0 fully saturated rings. The molecule has 0 aliphatic rings. The number of nitrogens with zero attached hydrogens (tertiary/aromatic N) is 4. The molecule has 142 valence electrons. The second-order valence-corrected chi connectivity index (χ2v) is 5.92. The summed E-state index contributed by atoms with van der Waals surface area (Å²) in [4.78, 5) is 24.3. The molecule has 10 heteroatoms. The number of rotatable bonds is 5. The molecule has 3 heterocycles. The third kappa shape index (κ3) is 3.47. The Labute approximate surface area is 157 Å². The topological polar surface area (TPSA) is 108 Å². The Morgan fingerprint density at radius 3 is 2.71 bits per heavy atom. The van der Waals surface area contributed by atoms with Gasteiger partial charge in [0, 0.05) is 6.07 Å². The van der Waals surface area contributed by atoms with Crippen LogP contribution < -0.4 is 11.1 Å². The molecule has 3 aromatic heterocycles. The van der Waals surface area contributed by atoms with E-state index < -0.39 is 11.7 Å². The lowest BCUT2D eigenvalue weighted by atomic mass is 10.3. The number of carbonyl (C=O) groups excluding carboxylic acids is 1. The van der Waals surface area contributed by atoms with Crippen molar-refractivity contribution in [2.24, 2.45) is 0 Å². The van der Waals surface area contributed by atoms with Gasteiger partial charge in [0.2, 0.25) is 5.91 Å². The molecule has 1 amide bonds. The van der Waals surface area contributed by atoms with Crippen LogP contribution in [0, 0.1) is 12.7 Å². The highest BCUT2D eigenvalue weighted by atomic mass is 19.1. The summed E-state index contributed by atoms with van der Waals surface area (Å²) in [5, 5.41) is 10.9. The lowest BCUT2D eigenvalue weighted by molar-refractivity contribution is -0.117. The van der Waals surface area contributed by atoms with Crippen LogP contribution in [0.2, 0.25) is 0 Å². The van der Waals surface area contributed by atoms with Crippen LogP contribution in [-0.2, 0) is 11.3 Å². The average Bonchev–Trinajstić information content (AvgIpc) is 3.37. The smallest absolute Gasteiger partial charge is 0.437 e. The van der Waals surface area contributed by atoms with E-state index in [1.54, 1.807) is 25.1 Å². The van der Waals surface area contributed by atoms with Crippen LogP contribution in [-0.4, -0.2) is 25.5 Å². The van der Waals surface area contributed by atoms with Crippen LogP contribution in [0.4, 0.5) is 10.2 Å². The molecular weight excluding hydrogens is 369 g/mol. The molecule has 0 aliphatic carbocycles. The summed E-state index contributed by atoms with van der Waals surface area (Å²) >= 11 is 0. The van der Waals surface area contributed by atoms with E-state index >= 15 is 0 Å². The van der Waals surface area contributed by atoms with Gasteiger partial charge in [-0.15, -0.1) is 5.10 Å². The van der Waals surface area contributed by atoms with Crippen LogP contribution in [0.1, 0.15) is 5.69 Å². The normalized spacial score (nSPS) is 10.9. The van der Waals surface area contributed by atoms with Crippen molar-refractivity contribution in [1.82, 2.24) is 19.6 Å². The molecule has 0 saturated heterocycles. The molecular formula is C18H14FN5O4. The van der Waals surface area contributed by atoms with E-state index in [0.29, 0.717) is 17.2 Å². The van der Waals surface area contributed by atoms with E-state index in [4.69, 9.17) is 8.83 Å².